The van der Waals surface area contributed by atoms with E-state index >= 15 is 0 Å². The minimum absolute atomic E-state index is 0.0503. The monoisotopic (exact) mass is 514 g/mol. The summed E-state index contributed by atoms with van der Waals surface area (Å²) in [4.78, 5) is 3.34. The van der Waals surface area contributed by atoms with E-state index in [2.05, 4.69) is 4.98 Å². The van der Waals surface area contributed by atoms with Crippen LogP contribution in [0.5, 0.6) is 11.5 Å². The maximum atomic E-state index is 13.7. The number of hydrogen-bond acceptors (Lipinski definition) is 4. The molecule has 35 heavy (non-hydrogen) atoms. The molecule has 3 aromatic carbocycles. The van der Waals surface area contributed by atoms with E-state index in [0.29, 0.717) is 10.6 Å². The predicted octanol–water partition coefficient (Wildman–Crippen LogP) is 6.65. The second-order valence-corrected chi connectivity index (χ2v) is 9.69. The largest absolute Gasteiger partial charge is 0.457 e. The quantitative estimate of drug-likeness (QED) is 0.280. The van der Waals surface area contributed by atoms with E-state index < -0.39 is 39.1 Å². The zero-order valence-electron chi connectivity index (χ0n) is 17.9. The van der Waals surface area contributed by atoms with Gasteiger partial charge in [-0.05, 0) is 54.6 Å². The van der Waals surface area contributed by atoms with Crippen molar-refractivity contribution < 1.29 is 39.5 Å². The highest BCUT2D eigenvalue weighted by atomic mass is 32.2. The molecule has 1 aromatic heterocycles. The van der Waals surface area contributed by atoms with Gasteiger partial charge in [-0.25, -0.2) is 13.4 Å². The third-order valence-corrected chi connectivity index (χ3v) is 6.85. The summed E-state index contributed by atoms with van der Waals surface area (Å²) in [5.41, 5.74) is -2.55. The summed E-state index contributed by atoms with van der Waals surface area (Å²) in [5.74, 6) is -1.25. The minimum atomic E-state index is -5.03. The van der Waals surface area contributed by atoms with Gasteiger partial charge < -0.3 is 4.74 Å². The number of hydrogen-bond donors (Lipinski definition) is 0. The predicted molar refractivity (Wildman–Crippen MR) is 115 cm³/mol. The molecule has 0 spiro atoms. The highest BCUT2D eigenvalue weighted by Crippen LogP contribution is 2.39. The first-order valence-corrected chi connectivity index (χ1v) is 11.7. The molecule has 0 N–H and O–H groups in total. The Morgan fingerprint density at radius 1 is 0.857 bits per heavy atom. The lowest BCUT2D eigenvalue weighted by Gasteiger charge is -2.13. The van der Waals surface area contributed by atoms with Gasteiger partial charge in [0, 0.05) is 5.69 Å². The molecule has 12 heteroatoms. The Morgan fingerprint density at radius 3 is 2.11 bits per heavy atom. The highest BCUT2D eigenvalue weighted by molar-refractivity contribution is 7.91. The van der Waals surface area contributed by atoms with E-state index in [1.165, 1.54) is 55.5 Å². The van der Waals surface area contributed by atoms with Crippen LogP contribution in [0.3, 0.4) is 0 Å². The Morgan fingerprint density at radius 2 is 1.51 bits per heavy atom. The third kappa shape index (κ3) is 4.83. The van der Waals surface area contributed by atoms with Gasteiger partial charge in [0.1, 0.15) is 17.0 Å². The van der Waals surface area contributed by atoms with Gasteiger partial charge in [-0.2, -0.15) is 26.3 Å². The fourth-order valence-corrected chi connectivity index (χ4v) is 4.39. The van der Waals surface area contributed by atoms with Crippen molar-refractivity contribution in [3.63, 3.8) is 0 Å². The van der Waals surface area contributed by atoms with Crippen molar-refractivity contribution in [3.8, 4) is 17.2 Å². The molecule has 184 valence electrons. The molecule has 0 aliphatic heterocycles. The molecule has 0 aliphatic carbocycles. The summed E-state index contributed by atoms with van der Waals surface area (Å²) in [6.45, 7) is 1.49. The lowest BCUT2D eigenvalue weighted by Crippen LogP contribution is -2.13. The first-order chi connectivity index (χ1) is 16.3. The summed E-state index contributed by atoms with van der Waals surface area (Å²) in [6, 6.07) is 13.6. The van der Waals surface area contributed by atoms with Crippen LogP contribution < -0.4 is 4.74 Å². The lowest BCUT2D eigenvalue weighted by atomic mass is 10.1. The number of fused-ring (bicyclic) bond motifs is 1. The van der Waals surface area contributed by atoms with Crippen molar-refractivity contribution in [2.75, 3.05) is 5.75 Å². The van der Waals surface area contributed by atoms with Gasteiger partial charge in [-0.3, -0.25) is 4.57 Å². The molecule has 4 aromatic rings. The second kappa shape index (κ2) is 8.59. The average Bonchev–Trinajstić information content (AvgIpc) is 3.19. The van der Waals surface area contributed by atoms with Crippen LogP contribution in [0.2, 0.25) is 0 Å². The molecule has 1 heterocycles. The summed E-state index contributed by atoms with van der Waals surface area (Å²) >= 11 is 0. The molecule has 0 saturated heterocycles. The maximum absolute atomic E-state index is 13.7. The van der Waals surface area contributed by atoms with Crippen molar-refractivity contribution in [1.82, 2.24) is 9.55 Å². The van der Waals surface area contributed by atoms with Crippen LogP contribution in [0.25, 0.3) is 16.7 Å². The smallest absolute Gasteiger partial charge is 0.450 e. The molecule has 0 fully saturated rings. The van der Waals surface area contributed by atoms with Gasteiger partial charge in [0.05, 0.1) is 21.7 Å². The van der Waals surface area contributed by atoms with E-state index in [4.69, 9.17) is 4.74 Å². The number of aromatic nitrogens is 2. The Hall–Kier alpha value is -3.54. The summed E-state index contributed by atoms with van der Waals surface area (Å²) < 4.78 is 111. The molecule has 0 bridgehead atoms. The van der Waals surface area contributed by atoms with Crippen LogP contribution in [-0.4, -0.2) is 23.7 Å². The van der Waals surface area contributed by atoms with Crippen LogP contribution in [0, 0.1) is 0 Å². The first-order valence-electron chi connectivity index (χ1n) is 10.1. The highest BCUT2D eigenvalue weighted by Gasteiger charge is 2.41. The summed E-state index contributed by atoms with van der Waals surface area (Å²) in [6.07, 6.45) is -9.92. The zero-order valence-corrected chi connectivity index (χ0v) is 18.7. The molecule has 0 radical (unpaired) electrons. The van der Waals surface area contributed by atoms with Crippen LogP contribution in [-0.2, 0) is 22.2 Å². The SMILES string of the molecule is CCS(=O)(=O)c1cccc(Oc2ccc(-n3c(C(F)(F)F)nc4c(C(F)(F)F)cccc43)cc2)c1. The number of alkyl halides is 6. The van der Waals surface area contributed by atoms with Gasteiger partial charge in [0.25, 0.3) is 0 Å². The number of para-hydroxylation sites is 1. The van der Waals surface area contributed by atoms with E-state index in [0.717, 1.165) is 12.1 Å². The van der Waals surface area contributed by atoms with Crippen LogP contribution in [0.4, 0.5) is 26.3 Å². The Bertz CT molecular complexity index is 1490. The molecule has 0 aliphatic rings. The van der Waals surface area contributed by atoms with Crippen molar-refractivity contribution in [3.05, 3.63) is 78.1 Å². The van der Waals surface area contributed by atoms with Gasteiger partial charge in [-0.15, -0.1) is 0 Å². The van der Waals surface area contributed by atoms with Crippen LogP contribution in [0.1, 0.15) is 18.3 Å². The fraction of sp³-hybridized carbons (Fsp3) is 0.174. The molecule has 0 saturated carbocycles. The maximum Gasteiger partial charge on any atom is 0.450 e. The molecular formula is C23H16F6N2O3S. The lowest BCUT2D eigenvalue weighted by molar-refractivity contribution is -0.146. The van der Waals surface area contributed by atoms with E-state index in [9.17, 15) is 34.8 Å². The zero-order chi connectivity index (χ0) is 25.6. The van der Waals surface area contributed by atoms with Gasteiger partial charge >= 0.3 is 12.4 Å². The van der Waals surface area contributed by atoms with Crippen molar-refractivity contribution in [1.29, 1.82) is 0 Å². The van der Waals surface area contributed by atoms with E-state index in [1.54, 1.807) is 0 Å². The topological polar surface area (TPSA) is 61.2 Å². The van der Waals surface area contributed by atoms with Crippen LogP contribution >= 0.6 is 0 Å². The van der Waals surface area contributed by atoms with Crippen molar-refractivity contribution in [2.45, 2.75) is 24.2 Å². The van der Waals surface area contributed by atoms with E-state index in [1.807, 2.05) is 0 Å². The summed E-state index contributed by atoms with van der Waals surface area (Å²) in [5, 5.41) is 0. The average molecular weight is 514 g/mol. The number of rotatable bonds is 5. The first kappa shape index (κ1) is 24.6. The number of imidazole rings is 1. The molecule has 0 atom stereocenters. The van der Waals surface area contributed by atoms with Gasteiger partial charge in [0.2, 0.25) is 5.82 Å². The molecule has 0 unspecified atom stereocenters. The molecule has 0 amide bonds. The summed E-state index contributed by atoms with van der Waals surface area (Å²) in [7, 11) is -3.48. The Kier molecular flexibility index (Phi) is 6.04. The number of ether oxygens (including phenoxy) is 1. The number of sulfone groups is 1. The normalized spacial score (nSPS) is 12.8. The van der Waals surface area contributed by atoms with Crippen molar-refractivity contribution in [2.24, 2.45) is 0 Å². The van der Waals surface area contributed by atoms with Crippen molar-refractivity contribution >= 4 is 20.9 Å². The number of benzene rings is 3. The number of halogens is 6. The Balaban J connectivity index is 1.75. The van der Waals surface area contributed by atoms with Crippen LogP contribution in [0.15, 0.2) is 71.6 Å². The standard InChI is InChI=1S/C23H16F6N2O3S/c1-2-35(32,33)17-6-3-5-16(13-17)34-15-11-9-14(10-12-15)31-19-8-4-7-18(22(24,25)26)20(19)30-21(31)23(27,28)29/h3-13H,2H2,1H3. The van der Waals surface area contributed by atoms with Gasteiger partial charge in [-0.1, -0.05) is 19.1 Å². The molecule has 5 nitrogen and oxygen atoms in total. The minimum Gasteiger partial charge on any atom is -0.457 e. The second-order valence-electron chi connectivity index (χ2n) is 7.41. The number of nitrogens with zero attached hydrogens (tertiary/aromatic N) is 2. The Labute approximate surface area is 195 Å². The third-order valence-electron chi connectivity index (χ3n) is 5.12. The van der Waals surface area contributed by atoms with Gasteiger partial charge in [0.15, 0.2) is 9.84 Å². The molecular weight excluding hydrogens is 498 g/mol. The molecule has 4 rings (SSSR count). The van der Waals surface area contributed by atoms with E-state index in [-0.39, 0.29) is 33.4 Å². The fourth-order valence-electron chi connectivity index (χ4n) is 3.48.